The van der Waals surface area contributed by atoms with E-state index >= 15 is 0 Å². The van der Waals surface area contributed by atoms with Gasteiger partial charge in [0.1, 0.15) is 36.3 Å². The third-order valence-electron chi connectivity index (χ3n) is 5.22. The fourth-order valence-corrected chi connectivity index (χ4v) is 3.69. The number of hydrogen-bond donors (Lipinski definition) is 4. The van der Waals surface area contributed by atoms with E-state index in [0.29, 0.717) is 17.0 Å². The van der Waals surface area contributed by atoms with E-state index in [1.165, 1.54) is 6.92 Å². The molecule has 30 heavy (non-hydrogen) atoms. The molecule has 162 valence electrons. The van der Waals surface area contributed by atoms with Crippen molar-refractivity contribution in [1.82, 2.24) is 5.32 Å². The monoisotopic (exact) mass is 435 g/mol. The molecule has 0 saturated carbocycles. The summed E-state index contributed by atoms with van der Waals surface area (Å²) in [5.41, 5.74) is 2.47. The summed E-state index contributed by atoms with van der Waals surface area (Å²) < 4.78 is 11.0. The zero-order valence-electron chi connectivity index (χ0n) is 16.8. The molecule has 0 aliphatic carbocycles. The van der Waals surface area contributed by atoms with Gasteiger partial charge in [-0.1, -0.05) is 35.9 Å². The molecule has 3 rings (SSSR count). The van der Waals surface area contributed by atoms with Crippen molar-refractivity contribution < 1.29 is 29.6 Å². The Hall–Kier alpha value is -2.16. The van der Waals surface area contributed by atoms with Crippen LogP contribution in [0.2, 0.25) is 5.02 Å². The maximum absolute atomic E-state index is 11.2. The molecule has 0 bridgehead atoms. The number of carbonyl (C=O) groups is 1. The molecule has 1 heterocycles. The molecule has 1 fully saturated rings. The number of rotatable bonds is 6. The van der Waals surface area contributed by atoms with Crippen molar-refractivity contribution in [3.05, 3.63) is 64.2 Å². The van der Waals surface area contributed by atoms with E-state index in [1.807, 2.05) is 30.3 Å². The number of nitrogens with one attached hydrogen (secondary N) is 1. The summed E-state index contributed by atoms with van der Waals surface area (Å²) in [5, 5.41) is 34.1. The van der Waals surface area contributed by atoms with Crippen LogP contribution in [0.1, 0.15) is 29.7 Å². The van der Waals surface area contributed by atoms with Crippen molar-refractivity contribution in [3.63, 3.8) is 0 Å². The Labute approximate surface area is 180 Å². The topological polar surface area (TPSA) is 108 Å². The van der Waals surface area contributed by atoms with Crippen LogP contribution in [-0.2, 0) is 16.0 Å². The van der Waals surface area contributed by atoms with Crippen molar-refractivity contribution in [1.29, 1.82) is 0 Å². The van der Waals surface area contributed by atoms with Gasteiger partial charge in [-0.15, -0.1) is 0 Å². The highest BCUT2D eigenvalue weighted by Gasteiger charge is 2.44. The Morgan fingerprint density at radius 2 is 1.80 bits per heavy atom. The summed E-state index contributed by atoms with van der Waals surface area (Å²) in [5.74, 6) is 0.478. The van der Waals surface area contributed by atoms with Gasteiger partial charge in [-0.2, -0.15) is 0 Å². The van der Waals surface area contributed by atoms with Gasteiger partial charge in [0.15, 0.2) is 0 Å². The Balaban J connectivity index is 1.82. The minimum atomic E-state index is -1.41. The lowest BCUT2D eigenvalue weighted by Crippen LogP contribution is -2.57. The molecule has 2 aromatic carbocycles. The second-order valence-corrected chi connectivity index (χ2v) is 7.79. The number of methoxy groups -OCH3 is 1. The van der Waals surface area contributed by atoms with Crippen molar-refractivity contribution in [2.24, 2.45) is 0 Å². The van der Waals surface area contributed by atoms with Gasteiger partial charge in [0.25, 0.3) is 0 Å². The fourth-order valence-electron chi connectivity index (χ4n) is 3.51. The van der Waals surface area contributed by atoms with Gasteiger partial charge in [-0.25, -0.2) is 0 Å². The molecule has 1 aliphatic heterocycles. The van der Waals surface area contributed by atoms with E-state index in [0.717, 1.165) is 16.9 Å². The lowest BCUT2D eigenvalue weighted by Gasteiger charge is -2.41. The first-order chi connectivity index (χ1) is 14.3. The molecule has 1 amide bonds. The molecule has 0 spiro atoms. The SMILES string of the molecule is COc1ccc(Cc2cc([C@@H]3O[C@H](CNC(C)=O)[C@@H](O)[C@H](O)[C@H]3O)ccc2Cl)cc1. The average molecular weight is 436 g/mol. The van der Waals surface area contributed by atoms with Crippen molar-refractivity contribution in [2.75, 3.05) is 13.7 Å². The Morgan fingerprint density at radius 1 is 1.10 bits per heavy atom. The minimum Gasteiger partial charge on any atom is -0.497 e. The van der Waals surface area contributed by atoms with Gasteiger partial charge in [0.2, 0.25) is 5.91 Å². The van der Waals surface area contributed by atoms with Crippen LogP contribution in [0, 0.1) is 0 Å². The molecule has 0 radical (unpaired) electrons. The first-order valence-electron chi connectivity index (χ1n) is 9.65. The number of carbonyl (C=O) groups excluding carboxylic acids is 1. The van der Waals surface area contributed by atoms with E-state index < -0.39 is 30.5 Å². The van der Waals surface area contributed by atoms with Gasteiger partial charge in [0.05, 0.1) is 7.11 Å². The van der Waals surface area contributed by atoms with Gasteiger partial charge in [-0.3, -0.25) is 4.79 Å². The molecule has 0 unspecified atom stereocenters. The van der Waals surface area contributed by atoms with Gasteiger partial charge in [-0.05, 0) is 41.3 Å². The van der Waals surface area contributed by atoms with Crippen LogP contribution in [0.25, 0.3) is 0 Å². The Bertz CT molecular complexity index is 874. The van der Waals surface area contributed by atoms with Gasteiger partial charge in [0, 0.05) is 18.5 Å². The first-order valence-corrected chi connectivity index (χ1v) is 10.0. The maximum Gasteiger partial charge on any atom is 0.216 e. The van der Waals surface area contributed by atoms with E-state index in [-0.39, 0.29) is 12.5 Å². The molecule has 1 saturated heterocycles. The third kappa shape index (κ3) is 5.11. The van der Waals surface area contributed by atoms with Crippen molar-refractivity contribution >= 4 is 17.5 Å². The van der Waals surface area contributed by atoms with Gasteiger partial charge >= 0.3 is 0 Å². The smallest absolute Gasteiger partial charge is 0.216 e. The van der Waals surface area contributed by atoms with E-state index in [2.05, 4.69) is 5.32 Å². The fraction of sp³-hybridized carbons (Fsp3) is 0.409. The zero-order chi connectivity index (χ0) is 21.8. The number of halogens is 1. The molecule has 4 N–H and O–H groups in total. The quantitative estimate of drug-likeness (QED) is 0.549. The first kappa shape index (κ1) is 22.5. The molecule has 0 aromatic heterocycles. The number of ether oxygens (including phenoxy) is 2. The molecule has 7 nitrogen and oxygen atoms in total. The van der Waals surface area contributed by atoms with Crippen LogP contribution < -0.4 is 10.1 Å². The van der Waals surface area contributed by atoms with Crippen LogP contribution >= 0.6 is 11.6 Å². The number of aliphatic hydroxyl groups is 3. The summed E-state index contributed by atoms with van der Waals surface area (Å²) in [6.45, 7) is 1.37. The molecule has 2 aromatic rings. The van der Waals surface area contributed by atoms with Crippen LogP contribution in [0.5, 0.6) is 5.75 Å². The third-order valence-corrected chi connectivity index (χ3v) is 5.59. The predicted octanol–water partition coefficient (Wildman–Crippen LogP) is 1.60. The van der Waals surface area contributed by atoms with Crippen LogP contribution in [0.3, 0.4) is 0 Å². The van der Waals surface area contributed by atoms with E-state index in [4.69, 9.17) is 21.1 Å². The Kier molecular flexibility index (Phi) is 7.33. The number of amides is 1. The van der Waals surface area contributed by atoms with E-state index in [9.17, 15) is 20.1 Å². The lowest BCUT2D eigenvalue weighted by atomic mass is 9.90. The Morgan fingerprint density at radius 3 is 2.43 bits per heavy atom. The second kappa shape index (κ2) is 9.76. The van der Waals surface area contributed by atoms with E-state index in [1.54, 1.807) is 19.2 Å². The van der Waals surface area contributed by atoms with Crippen LogP contribution in [0.15, 0.2) is 42.5 Å². The highest BCUT2D eigenvalue weighted by molar-refractivity contribution is 6.31. The number of aliphatic hydroxyl groups excluding tert-OH is 3. The van der Waals surface area contributed by atoms with Crippen molar-refractivity contribution in [2.45, 2.75) is 43.9 Å². The molecule has 5 atom stereocenters. The average Bonchev–Trinajstić information content (AvgIpc) is 2.74. The normalized spacial score (nSPS) is 26.3. The summed E-state index contributed by atoms with van der Waals surface area (Å²) in [7, 11) is 1.61. The number of benzene rings is 2. The molecular formula is C22H26ClNO6. The van der Waals surface area contributed by atoms with Crippen molar-refractivity contribution in [3.8, 4) is 5.75 Å². The number of hydrogen-bond acceptors (Lipinski definition) is 6. The molecule has 8 heteroatoms. The standard InChI is InChI=1S/C22H26ClNO6/c1-12(25)24-11-18-19(26)20(27)21(28)22(30-18)14-5-8-17(23)15(10-14)9-13-3-6-16(29-2)7-4-13/h3-8,10,18-22,26-28H,9,11H2,1-2H3,(H,24,25)/t18-,19-,20+,21-,22+/m1/s1. The van der Waals surface area contributed by atoms with Gasteiger partial charge < -0.3 is 30.1 Å². The molecule has 1 aliphatic rings. The summed E-state index contributed by atoms with van der Waals surface area (Å²) in [4.78, 5) is 11.2. The highest BCUT2D eigenvalue weighted by atomic mass is 35.5. The summed E-state index contributed by atoms with van der Waals surface area (Å²) >= 11 is 6.38. The zero-order valence-corrected chi connectivity index (χ0v) is 17.5. The summed E-state index contributed by atoms with van der Waals surface area (Å²) in [6.07, 6.45) is -5.26. The maximum atomic E-state index is 11.2. The van der Waals surface area contributed by atoms with Crippen LogP contribution in [-0.4, -0.2) is 59.3 Å². The second-order valence-electron chi connectivity index (χ2n) is 7.38. The minimum absolute atomic E-state index is 0.0169. The molecular weight excluding hydrogens is 410 g/mol. The largest absolute Gasteiger partial charge is 0.497 e. The van der Waals surface area contributed by atoms with Crippen LogP contribution in [0.4, 0.5) is 0 Å². The summed E-state index contributed by atoms with van der Waals surface area (Å²) in [6, 6.07) is 12.9. The highest BCUT2D eigenvalue weighted by Crippen LogP contribution is 2.34. The lowest BCUT2D eigenvalue weighted by molar-refractivity contribution is -0.223. The predicted molar refractivity (Wildman–Crippen MR) is 112 cm³/mol.